The molecule has 2 aliphatic heterocycles. The van der Waals surface area contributed by atoms with Crippen LogP contribution in [-0.2, 0) is 4.74 Å². The van der Waals surface area contributed by atoms with Crippen LogP contribution in [0, 0.1) is 0 Å². The lowest BCUT2D eigenvalue weighted by atomic mass is 9.95. The Morgan fingerprint density at radius 3 is 3.00 bits per heavy atom. The summed E-state index contributed by atoms with van der Waals surface area (Å²) in [5.74, 6) is 0.735. The zero-order valence-electron chi connectivity index (χ0n) is 14.5. The number of hydrogen-bond acceptors (Lipinski definition) is 4. The van der Waals surface area contributed by atoms with Crippen LogP contribution in [0.25, 0.3) is 0 Å². The van der Waals surface area contributed by atoms with Gasteiger partial charge in [0.15, 0.2) is 0 Å². The van der Waals surface area contributed by atoms with Crippen molar-refractivity contribution in [3.63, 3.8) is 0 Å². The van der Waals surface area contributed by atoms with Crippen molar-refractivity contribution in [1.29, 1.82) is 0 Å². The first-order valence-corrected chi connectivity index (χ1v) is 9.18. The zero-order chi connectivity index (χ0) is 16.5. The number of likely N-dealkylation sites (N-methyl/N-ethyl adjacent to an activating group) is 1. The molecule has 5 nitrogen and oxygen atoms in total. The number of fused-ring (bicyclic) bond motifs is 3. The maximum atomic E-state index is 12.8. The van der Waals surface area contributed by atoms with Crippen molar-refractivity contribution < 1.29 is 9.53 Å². The van der Waals surface area contributed by atoms with Gasteiger partial charge in [-0.3, -0.25) is 9.69 Å². The number of nitrogens with one attached hydrogen (secondary N) is 1. The van der Waals surface area contributed by atoms with Crippen molar-refractivity contribution in [3.8, 4) is 0 Å². The van der Waals surface area contributed by atoms with E-state index in [0.29, 0.717) is 12.0 Å². The number of morpholine rings is 1. The molecule has 3 aliphatic rings. The molecule has 4 rings (SSSR count). The van der Waals surface area contributed by atoms with E-state index in [4.69, 9.17) is 4.74 Å². The van der Waals surface area contributed by atoms with Crippen LogP contribution >= 0.6 is 0 Å². The quantitative estimate of drug-likeness (QED) is 0.919. The summed E-state index contributed by atoms with van der Waals surface area (Å²) < 4.78 is 5.37. The summed E-state index contributed by atoms with van der Waals surface area (Å²) in [5.41, 5.74) is 3.41. The van der Waals surface area contributed by atoms with Crippen molar-refractivity contribution in [2.45, 2.75) is 31.2 Å². The van der Waals surface area contributed by atoms with Crippen LogP contribution in [0.5, 0.6) is 0 Å². The van der Waals surface area contributed by atoms with Crippen LogP contribution in [0.15, 0.2) is 18.2 Å². The van der Waals surface area contributed by atoms with Gasteiger partial charge < -0.3 is 15.0 Å². The molecule has 1 amide bonds. The number of nitrogens with zero attached hydrogens (tertiary/aromatic N) is 2. The van der Waals surface area contributed by atoms with E-state index in [2.05, 4.69) is 22.3 Å². The highest BCUT2D eigenvalue weighted by Gasteiger charge is 2.36. The van der Waals surface area contributed by atoms with Crippen LogP contribution in [0.1, 0.15) is 41.1 Å². The Kier molecular flexibility index (Phi) is 4.46. The number of carbonyl (C=O) groups excluding carboxylic acids is 1. The van der Waals surface area contributed by atoms with Crippen LogP contribution in [-0.4, -0.2) is 68.2 Å². The fourth-order valence-corrected chi connectivity index (χ4v) is 4.28. The Balaban J connectivity index is 1.40. The summed E-state index contributed by atoms with van der Waals surface area (Å²) in [5, 5.41) is 3.62. The van der Waals surface area contributed by atoms with Gasteiger partial charge in [-0.2, -0.15) is 0 Å². The van der Waals surface area contributed by atoms with Crippen molar-refractivity contribution in [2.75, 3.05) is 51.8 Å². The average Bonchev–Trinajstić information content (AvgIpc) is 3.20. The molecule has 2 unspecified atom stereocenters. The molecule has 1 aliphatic carbocycles. The molecule has 2 heterocycles. The monoisotopic (exact) mass is 329 g/mol. The van der Waals surface area contributed by atoms with Gasteiger partial charge in [0.2, 0.25) is 0 Å². The first-order chi connectivity index (χ1) is 11.7. The summed E-state index contributed by atoms with van der Waals surface area (Å²) in [4.78, 5) is 17.0. The smallest absolute Gasteiger partial charge is 0.253 e. The molecule has 2 fully saturated rings. The highest BCUT2D eigenvalue weighted by molar-refractivity contribution is 5.95. The van der Waals surface area contributed by atoms with Crippen molar-refractivity contribution >= 4 is 11.6 Å². The third-order valence-electron chi connectivity index (χ3n) is 5.76. The van der Waals surface area contributed by atoms with Gasteiger partial charge in [0.25, 0.3) is 5.91 Å². The molecule has 5 heteroatoms. The van der Waals surface area contributed by atoms with Crippen molar-refractivity contribution in [2.24, 2.45) is 0 Å². The maximum absolute atomic E-state index is 12.8. The molecule has 1 aromatic carbocycles. The molecule has 2 atom stereocenters. The number of anilines is 1. The lowest BCUT2D eigenvalue weighted by Crippen LogP contribution is -2.41. The van der Waals surface area contributed by atoms with E-state index in [1.54, 1.807) is 0 Å². The molecule has 0 aromatic heterocycles. The summed E-state index contributed by atoms with van der Waals surface area (Å²) in [6.45, 7) is 5.23. The Bertz CT molecular complexity index is 613. The molecule has 1 aromatic rings. The molecule has 0 radical (unpaired) electrons. The number of ether oxygens (including phenoxy) is 1. The van der Waals surface area contributed by atoms with Gasteiger partial charge in [0.05, 0.1) is 13.2 Å². The normalized spacial score (nSPS) is 25.9. The second kappa shape index (κ2) is 6.73. The minimum atomic E-state index is 0.132. The second-order valence-electron chi connectivity index (χ2n) is 7.27. The average molecular weight is 329 g/mol. The van der Waals surface area contributed by atoms with E-state index in [1.165, 1.54) is 30.5 Å². The van der Waals surface area contributed by atoms with Crippen molar-refractivity contribution in [3.05, 3.63) is 29.3 Å². The lowest BCUT2D eigenvalue weighted by Gasteiger charge is -2.28. The van der Waals surface area contributed by atoms with Gasteiger partial charge in [-0.15, -0.1) is 0 Å². The van der Waals surface area contributed by atoms with Crippen LogP contribution in [0.3, 0.4) is 0 Å². The third-order valence-corrected chi connectivity index (χ3v) is 5.76. The largest absolute Gasteiger partial charge is 0.381 e. The Morgan fingerprint density at radius 2 is 2.17 bits per heavy atom. The topological polar surface area (TPSA) is 44.8 Å². The molecule has 130 valence electrons. The van der Waals surface area contributed by atoms with Crippen molar-refractivity contribution in [1.82, 2.24) is 9.80 Å². The first kappa shape index (κ1) is 15.9. The Hall–Kier alpha value is -1.59. The van der Waals surface area contributed by atoms with Crippen LogP contribution in [0.4, 0.5) is 5.69 Å². The minimum absolute atomic E-state index is 0.132. The molecule has 0 bridgehead atoms. The lowest BCUT2D eigenvalue weighted by molar-refractivity contribution is 0.0338. The van der Waals surface area contributed by atoms with E-state index >= 15 is 0 Å². The van der Waals surface area contributed by atoms with Gasteiger partial charge >= 0.3 is 0 Å². The standard InChI is InChI=1S/C19H27N3O2/c1-21(7-8-22-9-11-24-12-10-22)19(23)14-5-6-18-16(13-14)15-3-2-4-17(15)20-18/h5-6,13,15,17,20H,2-4,7-12H2,1H3. The van der Waals surface area contributed by atoms with Gasteiger partial charge in [-0.25, -0.2) is 0 Å². The Labute approximate surface area is 144 Å². The summed E-state index contributed by atoms with van der Waals surface area (Å²) in [6, 6.07) is 6.78. The number of rotatable bonds is 4. The van der Waals surface area contributed by atoms with E-state index < -0.39 is 0 Å². The molecule has 0 spiro atoms. The molecule has 24 heavy (non-hydrogen) atoms. The maximum Gasteiger partial charge on any atom is 0.253 e. The number of benzene rings is 1. The summed E-state index contributed by atoms with van der Waals surface area (Å²) in [7, 11) is 1.91. The van der Waals surface area contributed by atoms with E-state index in [-0.39, 0.29) is 5.91 Å². The van der Waals surface area contributed by atoms with E-state index in [9.17, 15) is 4.79 Å². The zero-order valence-corrected chi connectivity index (χ0v) is 14.5. The van der Waals surface area contributed by atoms with E-state index in [0.717, 1.165) is 45.0 Å². The predicted molar refractivity (Wildman–Crippen MR) is 94.7 cm³/mol. The fourth-order valence-electron chi connectivity index (χ4n) is 4.28. The number of amides is 1. The minimum Gasteiger partial charge on any atom is -0.381 e. The van der Waals surface area contributed by atoms with Crippen LogP contribution < -0.4 is 5.32 Å². The molecule has 1 N–H and O–H groups in total. The van der Waals surface area contributed by atoms with Gasteiger partial charge in [0.1, 0.15) is 0 Å². The molecular weight excluding hydrogens is 302 g/mol. The third kappa shape index (κ3) is 3.03. The first-order valence-electron chi connectivity index (χ1n) is 9.18. The molecule has 1 saturated carbocycles. The van der Waals surface area contributed by atoms with Gasteiger partial charge in [-0.05, 0) is 36.6 Å². The predicted octanol–water partition coefficient (Wildman–Crippen LogP) is 2.15. The number of carbonyl (C=O) groups is 1. The number of hydrogen-bond donors (Lipinski definition) is 1. The molecule has 1 saturated heterocycles. The highest BCUT2D eigenvalue weighted by Crippen LogP contribution is 2.45. The Morgan fingerprint density at radius 1 is 1.33 bits per heavy atom. The molecular formula is C19H27N3O2. The fraction of sp³-hybridized carbons (Fsp3) is 0.632. The SMILES string of the molecule is CN(CCN1CCOCC1)C(=O)c1ccc2c(c1)C1CCCC1N2. The van der Waals surface area contributed by atoms with Crippen LogP contribution in [0.2, 0.25) is 0 Å². The highest BCUT2D eigenvalue weighted by atomic mass is 16.5. The van der Waals surface area contributed by atoms with Gasteiger partial charge in [0, 0.05) is 56.4 Å². The summed E-state index contributed by atoms with van der Waals surface area (Å²) >= 11 is 0. The van der Waals surface area contributed by atoms with E-state index in [1.807, 2.05) is 18.0 Å². The summed E-state index contributed by atoms with van der Waals surface area (Å²) in [6.07, 6.45) is 3.79. The second-order valence-corrected chi connectivity index (χ2v) is 7.27. The van der Waals surface area contributed by atoms with Gasteiger partial charge in [-0.1, -0.05) is 6.42 Å².